The van der Waals surface area contributed by atoms with E-state index in [0.29, 0.717) is 30.1 Å². The summed E-state index contributed by atoms with van der Waals surface area (Å²) in [5, 5.41) is 43.7. The molecule has 36 heavy (non-hydrogen) atoms. The second-order valence-corrected chi connectivity index (χ2v) is 14.6. The fourth-order valence-corrected chi connectivity index (χ4v) is 9.68. The monoisotopic (exact) mass is 524 g/mol. The third-order valence-electron chi connectivity index (χ3n) is 11.4. The number of hydrogen-bond acceptors (Lipinski definition) is 8. The van der Waals surface area contributed by atoms with Gasteiger partial charge in [-0.2, -0.15) is 18.6 Å². The highest BCUT2D eigenvalue weighted by Crippen LogP contribution is 2.72. The quantitative estimate of drug-likeness (QED) is 0.264. The number of hydrogen-bond donors (Lipinski definition) is 3. The Hall–Kier alpha value is -1.10. The summed E-state index contributed by atoms with van der Waals surface area (Å²) in [5.41, 5.74) is -0.494. The molecular weight excluding hydrogens is 482 g/mol. The lowest BCUT2D eigenvalue weighted by Crippen LogP contribution is -2.63. The fraction of sp³-hybridized carbons (Fsp3) is 0.962. The van der Waals surface area contributed by atoms with Crippen LogP contribution in [0.3, 0.4) is 0 Å². The van der Waals surface area contributed by atoms with Crippen LogP contribution in [0.4, 0.5) is 0 Å². The zero-order chi connectivity index (χ0) is 26.1. The molecule has 3 N–H and O–H groups in total. The lowest BCUT2D eigenvalue weighted by Gasteiger charge is -2.63. The van der Waals surface area contributed by atoms with Gasteiger partial charge in [-0.3, -0.25) is 4.55 Å². The third kappa shape index (κ3) is 4.33. The molecule has 0 aromatic rings. The van der Waals surface area contributed by atoms with Gasteiger partial charge in [0.05, 0.1) is 24.5 Å². The molecule has 0 saturated heterocycles. The fourth-order valence-electron chi connectivity index (χ4n) is 9.36. The Labute approximate surface area is 214 Å². The van der Waals surface area contributed by atoms with Crippen LogP contribution in [0.15, 0.2) is 15.2 Å². The van der Waals surface area contributed by atoms with Crippen LogP contribution in [-0.2, 0) is 10.1 Å². The maximum Gasteiger partial charge on any atom is 0.266 e. The van der Waals surface area contributed by atoms with Gasteiger partial charge in [-0.1, -0.05) is 20.8 Å². The normalized spacial score (nSPS) is 46.2. The van der Waals surface area contributed by atoms with Crippen LogP contribution in [0.2, 0.25) is 0 Å². The molecule has 1 heterocycles. The van der Waals surface area contributed by atoms with Crippen LogP contribution >= 0.6 is 0 Å². The van der Waals surface area contributed by atoms with Gasteiger partial charge in [-0.15, -0.1) is 0 Å². The Bertz CT molecular complexity index is 1030. The molecule has 10 atom stereocenters. The molecule has 1 aliphatic heterocycles. The smallest absolute Gasteiger partial charge is 0.266 e. The Morgan fingerprint density at radius 3 is 2.53 bits per heavy atom. The van der Waals surface area contributed by atoms with Crippen molar-refractivity contribution in [1.82, 2.24) is 0 Å². The van der Waals surface area contributed by atoms with Crippen molar-refractivity contribution in [3.8, 4) is 0 Å². The number of aliphatic imine (C=N–C) groups is 1. The van der Waals surface area contributed by atoms with Crippen LogP contribution in [0.5, 0.6) is 0 Å². The topological polar surface area (TPSA) is 155 Å². The van der Waals surface area contributed by atoms with Gasteiger partial charge in [0.15, 0.2) is 5.66 Å². The van der Waals surface area contributed by atoms with E-state index in [2.05, 4.69) is 36.0 Å². The minimum absolute atomic E-state index is 0.102. The molecule has 4 fully saturated rings. The van der Waals surface area contributed by atoms with Crippen LogP contribution in [0.25, 0.3) is 0 Å². The molecule has 4 saturated carbocycles. The summed E-state index contributed by atoms with van der Waals surface area (Å²) in [4.78, 5) is 3.78. The highest BCUT2D eigenvalue weighted by Gasteiger charge is 2.72. The molecule has 10 heteroatoms. The van der Waals surface area contributed by atoms with Gasteiger partial charge in [0.1, 0.15) is 0 Å². The van der Waals surface area contributed by atoms with Crippen LogP contribution in [0, 0.1) is 46.3 Å². The van der Waals surface area contributed by atoms with E-state index in [-0.39, 0.29) is 53.3 Å². The number of aliphatic hydroxyl groups is 2. The molecular formula is C26H42N3O6S-. The zero-order valence-corrected chi connectivity index (χ0v) is 22.5. The van der Waals surface area contributed by atoms with Crippen molar-refractivity contribution in [2.45, 2.75) is 96.4 Å². The summed E-state index contributed by atoms with van der Waals surface area (Å²) >= 11 is 0. The summed E-state index contributed by atoms with van der Waals surface area (Å²) in [7, 11) is -4.12. The van der Waals surface area contributed by atoms with E-state index < -0.39 is 22.0 Å². The summed E-state index contributed by atoms with van der Waals surface area (Å²) in [6.07, 6.45) is 6.56. The van der Waals surface area contributed by atoms with E-state index in [0.717, 1.165) is 44.9 Å². The molecule has 0 amide bonds. The summed E-state index contributed by atoms with van der Waals surface area (Å²) in [6, 6.07) is 0. The van der Waals surface area contributed by atoms with E-state index >= 15 is 0 Å². The molecule has 0 unspecified atom stereocenters. The summed E-state index contributed by atoms with van der Waals surface area (Å²) < 4.78 is 30.5. The predicted molar refractivity (Wildman–Crippen MR) is 133 cm³/mol. The van der Waals surface area contributed by atoms with E-state index in [4.69, 9.17) is 4.55 Å². The number of aliphatic hydroxyl groups excluding tert-OH is 2. The van der Waals surface area contributed by atoms with Gasteiger partial charge < -0.3 is 20.3 Å². The molecule has 204 valence electrons. The Balaban J connectivity index is 1.31. The molecule has 9 nitrogen and oxygen atoms in total. The first kappa shape index (κ1) is 26.5. The third-order valence-corrected chi connectivity index (χ3v) is 12.1. The average Bonchev–Trinajstić information content (AvgIpc) is 3.46. The first-order valence-electron chi connectivity index (χ1n) is 13.8. The van der Waals surface area contributed by atoms with Crippen molar-refractivity contribution in [3.63, 3.8) is 0 Å². The molecule has 0 radical (unpaired) electrons. The van der Waals surface area contributed by atoms with Crippen LogP contribution < -0.4 is 5.11 Å². The second-order valence-electron chi connectivity index (χ2n) is 13.0. The van der Waals surface area contributed by atoms with E-state index in [1.54, 1.807) is 0 Å². The van der Waals surface area contributed by atoms with Gasteiger partial charge in [0, 0.05) is 12.3 Å². The predicted octanol–water partition coefficient (Wildman–Crippen LogP) is 2.81. The first-order valence-corrected chi connectivity index (χ1v) is 15.4. The number of nitrogens with zero attached hydrogens (tertiary/aromatic N) is 3. The van der Waals surface area contributed by atoms with Crippen LogP contribution in [0.1, 0.15) is 78.6 Å². The molecule has 5 aliphatic rings. The van der Waals surface area contributed by atoms with Gasteiger partial charge in [-0.25, -0.2) is 0 Å². The van der Waals surface area contributed by atoms with Crippen molar-refractivity contribution >= 4 is 16.0 Å². The van der Waals surface area contributed by atoms with Crippen molar-refractivity contribution in [2.75, 3.05) is 12.3 Å². The van der Waals surface area contributed by atoms with Crippen molar-refractivity contribution in [3.05, 3.63) is 0 Å². The highest BCUT2D eigenvalue weighted by molar-refractivity contribution is 7.85. The van der Waals surface area contributed by atoms with E-state index in [9.17, 15) is 23.7 Å². The number of rotatable bonds is 7. The maximum absolute atomic E-state index is 12.2. The highest BCUT2D eigenvalue weighted by atomic mass is 32.2. The zero-order valence-electron chi connectivity index (χ0n) is 21.7. The van der Waals surface area contributed by atoms with E-state index in [1.807, 2.05) is 0 Å². The summed E-state index contributed by atoms with van der Waals surface area (Å²) in [5.74, 6) is 1.01. The maximum atomic E-state index is 12.2. The minimum Gasteiger partial charge on any atom is -0.862 e. The van der Waals surface area contributed by atoms with Gasteiger partial charge in [0.25, 0.3) is 10.1 Å². The molecule has 0 aromatic carbocycles. The minimum atomic E-state index is -4.12. The molecule has 4 aliphatic carbocycles. The average molecular weight is 525 g/mol. The van der Waals surface area contributed by atoms with Gasteiger partial charge in [-0.05, 0) is 97.7 Å². The second kappa shape index (κ2) is 8.99. The SMILES string of the molecule is C[C@H](CCC([O-])=NCCS(=O)(=O)O)[C@H]1CC[C@H]2[C@H]3[C@H](C[C@H](O)[C@]12C)[C@@]1(C)CC[C@@H](O)C[C@H]1CC31N=N1. The standard InChI is InChI=1S/C26H43N3O6S/c1-15(4-7-22(32)27-10-11-36(33,34)35)18-5-6-19-23-20(13-21(31)25(18,19)3)24(2)9-8-17(30)12-16(24)14-26(23)28-29-26/h15-21,23,30-31H,4-14H2,1-3H3,(H,27,32)(H,33,34,35)/p-1/t15-,16+,17-,18-,19+,20+,21+,23+,24+,25-/m1/s1. The van der Waals surface area contributed by atoms with Crippen molar-refractivity contribution < 1.29 is 28.3 Å². The van der Waals surface area contributed by atoms with Crippen LogP contribution in [-0.4, -0.2) is 59.2 Å². The molecule has 0 bridgehead atoms. The van der Waals surface area contributed by atoms with Crippen molar-refractivity contribution in [2.24, 2.45) is 61.6 Å². The Morgan fingerprint density at radius 2 is 1.86 bits per heavy atom. The van der Waals surface area contributed by atoms with Gasteiger partial charge >= 0.3 is 0 Å². The first-order chi connectivity index (χ1) is 16.8. The Morgan fingerprint density at radius 1 is 1.14 bits per heavy atom. The lowest BCUT2D eigenvalue weighted by molar-refractivity contribution is -0.219. The van der Waals surface area contributed by atoms with Gasteiger partial charge in [0.2, 0.25) is 0 Å². The van der Waals surface area contributed by atoms with Crippen molar-refractivity contribution in [1.29, 1.82) is 0 Å². The largest absolute Gasteiger partial charge is 0.862 e. The summed E-state index contributed by atoms with van der Waals surface area (Å²) in [6.45, 7) is 6.58. The van der Waals surface area contributed by atoms with E-state index in [1.165, 1.54) is 0 Å². The Kier molecular flexibility index (Phi) is 6.62. The lowest BCUT2D eigenvalue weighted by atomic mass is 9.42. The molecule has 5 rings (SSSR count). The molecule has 0 aromatic heterocycles. The number of fused-ring (bicyclic) bond motifs is 6. The molecule has 1 spiro atoms.